The van der Waals surface area contributed by atoms with Gasteiger partial charge in [0.15, 0.2) is 5.16 Å². The molecule has 0 saturated heterocycles. The number of hydrogen-bond acceptors (Lipinski definition) is 5. The number of aromatic nitrogens is 4. The van der Waals surface area contributed by atoms with Gasteiger partial charge in [-0.25, -0.2) is 0 Å². The van der Waals surface area contributed by atoms with Crippen LogP contribution in [0.2, 0.25) is 5.02 Å². The largest absolute Gasteiger partial charge is 0.491 e. The molecule has 30 heavy (non-hydrogen) atoms. The maximum atomic E-state index is 13.1. The first kappa shape index (κ1) is 20.8. The molecule has 0 amide bonds. The molecule has 0 radical (unpaired) electrons. The fourth-order valence-electron chi connectivity index (χ4n) is 3.26. The SMILES string of the molecule is CC(C)CCn1c(=O)c2ccccc2n2c(SCCOc3ccccc3Cl)nnc12. The van der Waals surface area contributed by atoms with Crippen molar-refractivity contribution in [1.82, 2.24) is 19.2 Å². The van der Waals surface area contributed by atoms with Gasteiger partial charge in [0.1, 0.15) is 5.75 Å². The Morgan fingerprint density at radius 2 is 1.87 bits per heavy atom. The van der Waals surface area contributed by atoms with Crippen LogP contribution < -0.4 is 10.3 Å². The minimum Gasteiger partial charge on any atom is -0.491 e. The lowest BCUT2D eigenvalue weighted by Crippen LogP contribution is -2.24. The Morgan fingerprint density at radius 3 is 2.67 bits per heavy atom. The summed E-state index contributed by atoms with van der Waals surface area (Å²) in [6, 6.07) is 15.0. The highest BCUT2D eigenvalue weighted by Crippen LogP contribution is 2.25. The van der Waals surface area contributed by atoms with Crippen molar-refractivity contribution in [3.8, 4) is 5.75 Å². The number of aryl methyl sites for hydroxylation is 1. The number of ether oxygens (including phenoxy) is 1. The molecule has 0 N–H and O–H groups in total. The fourth-order valence-corrected chi connectivity index (χ4v) is 4.21. The van der Waals surface area contributed by atoms with E-state index in [4.69, 9.17) is 16.3 Å². The highest BCUT2D eigenvalue weighted by molar-refractivity contribution is 7.99. The molecule has 0 aliphatic heterocycles. The number of benzene rings is 2. The van der Waals surface area contributed by atoms with Gasteiger partial charge in [-0.15, -0.1) is 10.2 Å². The summed E-state index contributed by atoms with van der Waals surface area (Å²) in [6.45, 7) is 5.39. The topological polar surface area (TPSA) is 61.4 Å². The predicted octanol–water partition coefficient (Wildman–Crippen LogP) is 4.91. The third-order valence-corrected chi connectivity index (χ3v) is 6.02. The second kappa shape index (κ2) is 9.10. The van der Waals surface area contributed by atoms with Gasteiger partial charge in [-0.2, -0.15) is 0 Å². The van der Waals surface area contributed by atoms with Gasteiger partial charge in [-0.05, 0) is 36.6 Å². The zero-order valence-electron chi connectivity index (χ0n) is 16.9. The summed E-state index contributed by atoms with van der Waals surface area (Å²) in [5, 5.41) is 10.7. The van der Waals surface area contributed by atoms with Crippen LogP contribution in [0, 0.1) is 5.92 Å². The number of rotatable bonds is 8. The second-order valence-electron chi connectivity index (χ2n) is 7.40. The average Bonchev–Trinajstić information content (AvgIpc) is 3.16. The van der Waals surface area contributed by atoms with E-state index in [1.807, 2.05) is 46.9 Å². The molecular weight excluding hydrogens is 420 g/mol. The van der Waals surface area contributed by atoms with E-state index >= 15 is 0 Å². The first-order valence-electron chi connectivity index (χ1n) is 9.93. The third kappa shape index (κ3) is 4.18. The van der Waals surface area contributed by atoms with Crippen LogP contribution in [0.4, 0.5) is 0 Å². The normalized spacial score (nSPS) is 11.6. The van der Waals surface area contributed by atoms with Gasteiger partial charge in [0.2, 0.25) is 5.78 Å². The second-order valence-corrected chi connectivity index (χ2v) is 8.87. The maximum absolute atomic E-state index is 13.1. The zero-order valence-corrected chi connectivity index (χ0v) is 18.5. The summed E-state index contributed by atoms with van der Waals surface area (Å²) in [7, 11) is 0. The third-order valence-electron chi connectivity index (χ3n) is 4.82. The van der Waals surface area contributed by atoms with Gasteiger partial charge in [0.05, 0.1) is 22.5 Å². The van der Waals surface area contributed by atoms with E-state index in [1.54, 1.807) is 22.4 Å². The van der Waals surface area contributed by atoms with E-state index in [2.05, 4.69) is 24.0 Å². The van der Waals surface area contributed by atoms with Gasteiger partial charge in [0, 0.05) is 12.3 Å². The summed E-state index contributed by atoms with van der Waals surface area (Å²) in [6.07, 6.45) is 0.898. The summed E-state index contributed by atoms with van der Waals surface area (Å²) >= 11 is 7.68. The number of fused-ring (bicyclic) bond motifs is 3. The first-order chi connectivity index (χ1) is 14.6. The van der Waals surface area contributed by atoms with Crippen LogP contribution in [0.25, 0.3) is 16.7 Å². The Balaban J connectivity index is 1.63. The van der Waals surface area contributed by atoms with Gasteiger partial charge < -0.3 is 4.74 Å². The molecule has 0 atom stereocenters. The highest BCUT2D eigenvalue weighted by Gasteiger charge is 2.17. The molecular formula is C22H23ClN4O2S. The smallest absolute Gasteiger partial charge is 0.262 e. The lowest BCUT2D eigenvalue weighted by atomic mass is 10.1. The average molecular weight is 443 g/mol. The monoisotopic (exact) mass is 442 g/mol. The number of nitrogens with zero attached hydrogens (tertiary/aromatic N) is 4. The van der Waals surface area contributed by atoms with Crippen LogP contribution in [0.15, 0.2) is 58.5 Å². The Bertz CT molecular complexity index is 1230. The lowest BCUT2D eigenvalue weighted by Gasteiger charge is -2.12. The van der Waals surface area contributed by atoms with Crippen LogP contribution >= 0.6 is 23.4 Å². The molecule has 4 aromatic rings. The van der Waals surface area contributed by atoms with E-state index in [0.29, 0.717) is 46.8 Å². The molecule has 0 fully saturated rings. The van der Waals surface area contributed by atoms with Crippen molar-refractivity contribution in [2.45, 2.75) is 32.0 Å². The number of thioether (sulfide) groups is 1. The minimum absolute atomic E-state index is 0.0234. The van der Waals surface area contributed by atoms with Crippen molar-refractivity contribution < 1.29 is 4.74 Å². The summed E-state index contributed by atoms with van der Waals surface area (Å²) in [5.74, 6) is 2.40. The van der Waals surface area contributed by atoms with Crippen molar-refractivity contribution in [2.75, 3.05) is 12.4 Å². The molecule has 4 rings (SSSR count). The Hall–Kier alpha value is -2.51. The molecule has 0 bridgehead atoms. The van der Waals surface area contributed by atoms with E-state index in [9.17, 15) is 4.79 Å². The minimum atomic E-state index is -0.0234. The first-order valence-corrected chi connectivity index (χ1v) is 11.3. The van der Waals surface area contributed by atoms with Crippen molar-refractivity contribution in [3.63, 3.8) is 0 Å². The Kier molecular flexibility index (Phi) is 6.29. The van der Waals surface area contributed by atoms with Crippen LogP contribution in [0.3, 0.4) is 0 Å². The summed E-state index contributed by atoms with van der Waals surface area (Å²) < 4.78 is 9.48. The number of halogens is 1. The standard InChI is InChI=1S/C22H23ClN4O2S/c1-15(2)11-12-26-20(28)16-7-3-5-9-18(16)27-21(26)24-25-22(27)30-14-13-29-19-10-6-4-8-17(19)23/h3-10,15H,11-14H2,1-2H3. The Labute approximate surface area is 183 Å². The van der Waals surface area contributed by atoms with E-state index in [0.717, 1.165) is 17.1 Å². The fraction of sp³-hybridized carbons (Fsp3) is 0.318. The molecule has 0 aliphatic rings. The van der Waals surface area contributed by atoms with Crippen molar-refractivity contribution in [3.05, 3.63) is 63.9 Å². The molecule has 0 saturated carbocycles. The molecule has 6 nitrogen and oxygen atoms in total. The van der Waals surface area contributed by atoms with Crippen LogP contribution in [-0.2, 0) is 6.54 Å². The predicted molar refractivity (Wildman–Crippen MR) is 122 cm³/mol. The maximum Gasteiger partial charge on any atom is 0.262 e. The molecule has 0 spiro atoms. The van der Waals surface area contributed by atoms with E-state index < -0.39 is 0 Å². The van der Waals surface area contributed by atoms with Crippen molar-refractivity contribution >= 4 is 40.0 Å². The molecule has 2 heterocycles. The number of para-hydroxylation sites is 2. The van der Waals surface area contributed by atoms with Crippen LogP contribution in [-0.4, -0.2) is 31.5 Å². The van der Waals surface area contributed by atoms with Gasteiger partial charge in [0.25, 0.3) is 5.56 Å². The van der Waals surface area contributed by atoms with Gasteiger partial charge >= 0.3 is 0 Å². The van der Waals surface area contributed by atoms with Crippen molar-refractivity contribution in [2.24, 2.45) is 5.92 Å². The summed E-state index contributed by atoms with van der Waals surface area (Å²) in [5.41, 5.74) is 0.794. The van der Waals surface area contributed by atoms with Gasteiger partial charge in [-0.1, -0.05) is 61.5 Å². The van der Waals surface area contributed by atoms with Crippen LogP contribution in [0.1, 0.15) is 20.3 Å². The summed E-state index contributed by atoms with van der Waals surface area (Å²) in [4.78, 5) is 13.1. The Morgan fingerprint density at radius 1 is 1.10 bits per heavy atom. The molecule has 2 aromatic carbocycles. The molecule has 2 aromatic heterocycles. The van der Waals surface area contributed by atoms with E-state index in [1.165, 1.54) is 0 Å². The molecule has 0 aliphatic carbocycles. The van der Waals surface area contributed by atoms with Crippen molar-refractivity contribution in [1.29, 1.82) is 0 Å². The molecule has 8 heteroatoms. The molecule has 0 unspecified atom stereocenters. The van der Waals surface area contributed by atoms with Crippen LogP contribution in [0.5, 0.6) is 5.75 Å². The number of hydrogen-bond donors (Lipinski definition) is 0. The highest BCUT2D eigenvalue weighted by atomic mass is 35.5. The molecule has 156 valence electrons. The zero-order chi connectivity index (χ0) is 21.1. The quantitative estimate of drug-likeness (QED) is 0.286. The van der Waals surface area contributed by atoms with E-state index in [-0.39, 0.29) is 5.56 Å². The van der Waals surface area contributed by atoms with Gasteiger partial charge in [-0.3, -0.25) is 13.8 Å². The lowest BCUT2D eigenvalue weighted by molar-refractivity contribution is 0.344.